The van der Waals surface area contributed by atoms with E-state index >= 15 is 0 Å². The third-order valence-electron chi connectivity index (χ3n) is 2.45. The van der Waals surface area contributed by atoms with Gasteiger partial charge in [0, 0.05) is 4.88 Å². The number of ether oxygens (including phenoxy) is 1. The molecule has 0 spiro atoms. The average molecular weight is 286 g/mol. The second kappa shape index (κ2) is 5.05. The summed E-state index contributed by atoms with van der Waals surface area (Å²) >= 11 is 0.537. The minimum absolute atomic E-state index is 0.0639. The van der Waals surface area contributed by atoms with Crippen molar-refractivity contribution >= 4 is 17.3 Å². The SMILES string of the molecule is COC(=O)c1cc(C(F)(F)F)sc1-c1ccccc1. The van der Waals surface area contributed by atoms with E-state index in [1.807, 2.05) is 0 Å². The van der Waals surface area contributed by atoms with E-state index in [1.54, 1.807) is 30.3 Å². The molecule has 0 bridgehead atoms. The van der Waals surface area contributed by atoms with Gasteiger partial charge in [-0.15, -0.1) is 11.3 Å². The van der Waals surface area contributed by atoms with E-state index in [4.69, 9.17) is 0 Å². The summed E-state index contributed by atoms with van der Waals surface area (Å²) in [5.41, 5.74) is 0.495. The Kier molecular flexibility index (Phi) is 3.61. The zero-order valence-corrected chi connectivity index (χ0v) is 10.6. The van der Waals surface area contributed by atoms with Crippen LogP contribution in [0.5, 0.6) is 0 Å². The molecule has 100 valence electrons. The fourth-order valence-corrected chi connectivity index (χ4v) is 2.61. The Balaban J connectivity index is 2.59. The van der Waals surface area contributed by atoms with Gasteiger partial charge in [-0.3, -0.25) is 0 Å². The zero-order chi connectivity index (χ0) is 14.0. The molecule has 19 heavy (non-hydrogen) atoms. The molecule has 0 amide bonds. The average Bonchev–Trinajstić information content (AvgIpc) is 2.83. The van der Waals surface area contributed by atoms with Crippen molar-refractivity contribution < 1.29 is 22.7 Å². The fourth-order valence-electron chi connectivity index (χ4n) is 1.60. The number of rotatable bonds is 2. The number of hydrogen-bond acceptors (Lipinski definition) is 3. The fraction of sp³-hybridized carbons (Fsp3) is 0.154. The molecule has 0 radical (unpaired) electrons. The summed E-state index contributed by atoms with van der Waals surface area (Å²) in [5, 5.41) is 0. The Bertz CT molecular complexity index is 588. The molecular formula is C13H9F3O2S. The molecule has 2 nitrogen and oxygen atoms in total. The summed E-state index contributed by atoms with van der Waals surface area (Å²) in [6.45, 7) is 0. The number of alkyl halides is 3. The van der Waals surface area contributed by atoms with Gasteiger partial charge in [-0.2, -0.15) is 13.2 Å². The third-order valence-corrected chi connectivity index (χ3v) is 3.68. The van der Waals surface area contributed by atoms with Gasteiger partial charge >= 0.3 is 12.1 Å². The number of esters is 1. The number of carbonyl (C=O) groups is 1. The van der Waals surface area contributed by atoms with Gasteiger partial charge in [0.05, 0.1) is 12.7 Å². The van der Waals surface area contributed by atoms with Gasteiger partial charge in [-0.25, -0.2) is 4.79 Å². The first-order chi connectivity index (χ1) is 8.93. The van der Waals surface area contributed by atoms with Crippen molar-refractivity contribution in [3.8, 4) is 10.4 Å². The normalized spacial score (nSPS) is 11.4. The molecule has 0 fully saturated rings. The van der Waals surface area contributed by atoms with Crippen LogP contribution < -0.4 is 0 Å². The molecule has 0 aliphatic rings. The lowest BCUT2D eigenvalue weighted by Gasteiger charge is -2.01. The summed E-state index contributed by atoms with van der Waals surface area (Å²) in [4.78, 5) is 11.0. The first-order valence-corrected chi connectivity index (χ1v) is 6.10. The molecule has 0 aliphatic carbocycles. The number of thiophene rings is 1. The van der Waals surface area contributed by atoms with Gasteiger partial charge in [0.25, 0.3) is 0 Å². The quantitative estimate of drug-likeness (QED) is 0.773. The molecular weight excluding hydrogens is 277 g/mol. The van der Waals surface area contributed by atoms with Crippen LogP contribution in [0.2, 0.25) is 0 Å². The Morgan fingerprint density at radius 2 is 1.84 bits per heavy atom. The van der Waals surface area contributed by atoms with E-state index in [2.05, 4.69) is 4.74 Å². The lowest BCUT2D eigenvalue weighted by atomic mass is 10.1. The van der Waals surface area contributed by atoms with Crippen LogP contribution in [-0.2, 0) is 10.9 Å². The van der Waals surface area contributed by atoms with E-state index in [9.17, 15) is 18.0 Å². The second-order valence-corrected chi connectivity index (χ2v) is 4.76. The number of carbonyl (C=O) groups excluding carboxylic acids is 1. The largest absolute Gasteiger partial charge is 0.465 e. The molecule has 1 aromatic carbocycles. The highest BCUT2D eigenvalue weighted by atomic mass is 32.1. The van der Waals surface area contributed by atoms with Crippen LogP contribution in [0.1, 0.15) is 15.2 Å². The zero-order valence-electron chi connectivity index (χ0n) is 9.82. The van der Waals surface area contributed by atoms with Gasteiger partial charge in [-0.1, -0.05) is 30.3 Å². The monoisotopic (exact) mass is 286 g/mol. The summed E-state index contributed by atoms with van der Waals surface area (Å²) in [7, 11) is 1.14. The highest BCUT2D eigenvalue weighted by molar-refractivity contribution is 7.16. The van der Waals surface area contributed by atoms with Crippen LogP contribution in [0.25, 0.3) is 10.4 Å². The van der Waals surface area contributed by atoms with Crippen LogP contribution in [0, 0.1) is 0 Å². The van der Waals surface area contributed by atoms with Crippen molar-refractivity contribution in [3.63, 3.8) is 0 Å². The van der Waals surface area contributed by atoms with Crippen molar-refractivity contribution in [1.29, 1.82) is 0 Å². The van der Waals surface area contributed by atoms with Gasteiger partial charge < -0.3 is 4.74 Å². The second-order valence-electron chi connectivity index (χ2n) is 3.71. The van der Waals surface area contributed by atoms with Crippen molar-refractivity contribution in [2.75, 3.05) is 7.11 Å². The van der Waals surface area contributed by atoms with Crippen LogP contribution in [0.4, 0.5) is 13.2 Å². The predicted molar refractivity (Wildman–Crippen MR) is 66.1 cm³/mol. The minimum Gasteiger partial charge on any atom is -0.465 e. The molecule has 0 atom stereocenters. The van der Waals surface area contributed by atoms with E-state index < -0.39 is 17.0 Å². The number of hydrogen-bond donors (Lipinski definition) is 0. The standard InChI is InChI=1S/C13H9F3O2S/c1-18-12(17)9-7-10(13(14,15)16)19-11(9)8-5-3-2-4-6-8/h2-7H,1H3. The van der Waals surface area contributed by atoms with Crippen molar-refractivity contribution in [2.24, 2.45) is 0 Å². The van der Waals surface area contributed by atoms with Crippen molar-refractivity contribution in [3.05, 3.63) is 46.8 Å². The summed E-state index contributed by atoms with van der Waals surface area (Å²) in [5.74, 6) is -0.773. The third kappa shape index (κ3) is 2.78. The first kappa shape index (κ1) is 13.6. The maximum atomic E-state index is 12.7. The van der Waals surface area contributed by atoms with E-state index in [1.165, 1.54) is 0 Å². The number of halogens is 3. The summed E-state index contributed by atoms with van der Waals surface area (Å²) < 4.78 is 42.7. The van der Waals surface area contributed by atoms with Crippen LogP contribution in [-0.4, -0.2) is 13.1 Å². The maximum Gasteiger partial charge on any atom is 0.425 e. The van der Waals surface area contributed by atoms with Gasteiger partial charge in [0.2, 0.25) is 0 Å². The Morgan fingerprint density at radius 3 is 2.37 bits per heavy atom. The number of methoxy groups -OCH3 is 1. The Labute approximate surface area is 111 Å². The topological polar surface area (TPSA) is 26.3 Å². The number of benzene rings is 1. The minimum atomic E-state index is -4.47. The van der Waals surface area contributed by atoms with Crippen LogP contribution in [0.3, 0.4) is 0 Å². The molecule has 0 unspecified atom stereocenters. The molecule has 2 rings (SSSR count). The molecule has 1 heterocycles. The van der Waals surface area contributed by atoms with Crippen LogP contribution in [0.15, 0.2) is 36.4 Å². The molecule has 0 saturated carbocycles. The van der Waals surface area contributed by atoms with Crippen molar-refractivity contribution in [2.45, 2.75) is 6.18 Å². The Morgan fingerprint density at radius 1 is 1.21 bits per heavy atom. The maximum absolute atomic E-state index is 12.7. The van der Waals surface area contributed by atoms with Gasteiger partial charge in [0.1, 0.15) is 4.88 Å². The molecule has 1 aromatic heterocycles. The van der Waals surface area contributed by atoms with E-state index in [-0.39, 0.29) is 10.4 Å². The lowest BCUT2D eigenvalue weighted by molar-refractivity contribution is -0.134. The molecule has 0 saturated heterocycles. The first-order valence-electron chi connectivity index (χ1n) is 5.28. The van der Waals surface area contributed by atoms with E-state index in [0.717, 1.165) is 13.2 Å². The van der Waals surface area contributed by atoms with Gasteiger partial charge in [0.15, 0.2) is 0 Å². The van der Waals surface area contributed by atoms with E-state index in [0.29, 0.717) is 16.9 Å². The van der Waals surface area contributed by atoms with Crippen molar-refractivity contribution in [1.82, 2.24) is 0 Å². The molecule has 2 aromatic rings. The molecule has 0 N–H and O–H groups in total. The summed E-state index contributed by atoms with van der Waals surface area (Å²) in [6, 6.07) is 9.28. The smallest absolute Gasteiger partial charge is 0.425 e. The predicted octanol–water partition coefficient (Wildman–Crippen LogP) is 4.22. The summed E-state index contributed by atoms with van der Waals surface area (Å²) in [6.07, 6.45) is -4.47. The van der Waals surface area contributed by atoms with Gasteiger partial charge in [-0.05, 0) is 11.6 Å². The highest BCUT2D eigenvalue weighted by Gasteiger charge is 2.35. The molecule has 0 aliphatic heterocycles. The Hall–Kier alpha value is -1.82. The highest BCUT2D eigenvalue weighted by Crippen LogP contribution is 2.41. The molecule has 6 heteroatoms. The van der Waals surface area contributed by atoms with Crippen LogP contribution >= 0.6 is 11.3 Å². The lowest BCUT2D eigenvalue weighted by Crippen LogP contribution is -2.03.